The largest absolute Gasteiger partial charge is 0.505 e. The van der Waals surface area contributed by atoms with E-state index < -0.39 is 21.6 Å². The Labute approximate surface area is 96.2 Å². The Balaban J connectivity index is 2.30. The van der Waals surface area contributed by atoms with E-state index in [0.717, 1.165) is 18.3 Å². The average molecular weight is 257 g/mol. The molecule has 0 aliphatic carbocycles. The fraction of sp³-hybridized carbons (Fsp3) is 0. The summed E-state index contributed by atoms with van der Waals surface area (Å²) in [5.74, 6) is -1.45. The lowest BCUT2D eigenvalue weighted by Gasteiger charge is -2.06. The van der Waals surface area contributed by atoms with E-state index in [4.69, 9.17) is 5.11 Å². The lowest BCUT2D eigenvalue weighted by Crippen LogP contribution is -2.12. The third kappa shape index (κ3) is 2.36. The van der Waals surface area contributed by atoms with E-state index in [0.29, 0.717) is 0 Å². The zero-order valence-electron chi connectivity index (χ0n) is 8.38. The molecule has 8 heteroatoms. The Hall–Kier alpha value is -2.09. The highest BCUT2D eigenvalue weighted by molar-refractivity contribution is 7.92. The van der Waals surface area contributed by atoms with Crippen molar-refractivity contribution in [3.8, 4) is 5.75 Å². The molecule has 0 saturated carbocycles. The standard InChI is InChI=1S/C9H8FN3O3S/c10-8-3-6(1-2-9(8)14)13-17(15,16)7-4-11-12-5-7/h1-5,13-14H,(H,11,12). The number of aromatic amines is 1. The minimum Gasteiger partial charge on any atom is -0.505 e. The van der Waals surface area contributed by atoms with Gasteiger partial charge in [-0.05, 0) is 12.1 Å². The highest BCUT2D eigenvalue weighted by atomic mass is 32.2. The van der Waals surface area contributed by atoms with Crippen LogP contribution in [0.1, 0.15) is 0 Å². The summed E-state index contributed by atoms with van der Waals surface area (Å²) in [5, 5.41) is 14.8. The summed E-state index contributed by atoms with van der Waals surface area (Å²) >= 11 is 0. The number of nitrogens with one attached hydrogen (secondary N) is 2. The number of hydrogen-bond acceptors (Lipinski definition) is 4. The molecule has 17 heavy (non-hydrogen) atoms. The number of phenolic OH excluding ortho intramolecular Hbond substituents is 1. The van der Waals surface area contributed by atoms with Crippen LogP contribution in [0.5, 0.6) is 5.75 Å². The van der Waals surface area contributed by atoms with Crippen molar-refractivity contribution in [2.75, 3.05) is 4.72 Å². The van der Waals surface area contributed by atoms with E-state index >= 15 is 0 Å². The van der Waals surface area contributed by atoms with Crippen LogP contribution >= 0.6 is 0 Å². The Morgan fingerprint density at radius 2 is 2.18 bits per heavy atom. The Morgan fingerprint density at radius 3 is 2.76 bits per heavy atom. The maximum absolute atomic E-state index is 13.0. The van der Waals surface area contributed by atoms with Crippen molar-refractivity contribution in [2.45, 2.75) is 4.90 Å². The van der Waals surface area contributed by atoms with Gasteiger partial charge < -0.3 is 5.11 Å². The van der Waals surface area contributed by atoms with Crippen LogP contribution < -0.4 is 4.72 Å². The van der Waals surface area contributed by atoms with Crippen LogP contribution in [-0.2, 0) is 10.0 Å². The van der Waals surface area contributed by atoms with Crippen molar-refractivity contribution in [2.24, 2.45) is 0 Å². The van der Waals surface area contributed by atoms with Gasteiger partial charge in [0, 0.05) is 12.3 Å². The molecule has 0 unspecified atom stereocenters. The van der Waals surface area contributed by atoms with Crippen LogP contribution in [-0.4, -0.2) is 23.7 Å². The van der Waals surface area contributed by atoms with Crippen molar-refractivity contribution in [3.63, 3.8) is 0 Å². The number of benzene rings is 1. The SMILES string of the molecule is O=S(=O)(Nc1ccc(O)c(F)c1)c1cn[nH]c1. The molecule has 0 amide bonds. The molecule has 90 valence electrons. The molecule has 0 saturated heterocycles. The molecule has 0 bridgehead atoms. The molecule has 1 heterocycles. The molecule has 1 aromatic heterocycles. The van der Waals surface area contributed by atoms with Crippen molar-refractivity contribution in [1.82, 2.24) is 10.2 Å². The van der Waals surface area contributed by atoms with Gasteiger partial charge in [-0.15, -0.1) is 0 Å². The maximum atomic E-state index is 13.0. The van der Waals surface area contributed by atoms with Gasteiger partial charge in [-0.2, -0.15) is 5.10 Å². The fourth-order valence-electron chi connectivity index (χ4n) is 1.17. The van der Waals surface area contributed by atoms with Crippen LogP contribution in [0.15, 0.2) is 35.5 Å². The van der Waals surface area contributed by atoms with Crippen molar-refractivity contribution < 1.29 is 17.9 Å². The fourth-order valence-corrected chi connectivity index (χ4v) is 2.12. The van der Waals surface area contributed by atoms with Crippen LogP contribution in [0.3, 0.4) is 0 Å². The number of rotatable bonds is 3. The lowest BCUT2D eigenvalue weighted by molar-refractivity contribution is 0.432. The average Bonchev–Trinajstić information content (AvgIpc) is 2.77. The molecule has 0 atom stereocenters. The molecular formula is C9H8FN3O3S. The summed E-state index contributed by atoms with van der Waals surface area (Å²) in [6.07, 6.45) is 2.32. The molecule has 1 aromatic carbocycles. The second-order valence-corrected chi connectivity index (χ2v) is 4.89. The number of nitrogens with zero attached hydrogens (tertiary/aromatic N) is 1. The maximum Gasteiger partial charge on any atom is 0.265 e. The summed E-state index contributed by atoms with van der Waals surface area (Å²) < 4.78 is 38.5. The van der Waals surface area contributed by atoms with Gasteiger partial charge in [0.25, 0.3) is 10.0 Å². The summed E-state index contributed by atoms with van der Waals surface area (Å²) in [6, 6.07) is 3.19. The smallest absolute Gasteiger partial charge is 0.265 e. The number of aromatic hydroxyl groups is 1. The molecule has 6 nitrogen and oxygen atoms in total. The number of anilines is 1. The molecule has 0 spiro atoms. The lowest BCUT2D eigenvalue weighted by atomic mass is 10.3. The number of hydrogen-bond donors (Lipinski definition) is 3. The minimum absolute atomic E-state index is 0.0153. The van der Waals surface area contributed by atoms with Gasteiger partial charge in [0.2, 0.25) is 0 Å². The molecule has 0 radical (unpaired) electrons. The predicted molar refractivity (Wildman–Crippen MR) is 57.5 cm³/mol. The van der Waals surface area contributed by atoms with Crippen LogP contribution in [0.4, 0.5) is 10.1 Å². The van der Waals surface area contributed by atoms with Gasteiger partial charge in [0.05, 0.1) is 11.9 Å². The van der Waals surface area contributed by atoms with Crippen molar-refractivity contribution in [3.05, 3.63) is 36.4 Å². The summed E-state index contributed by atoms with van der Waals surface area (Å²) in [4.78, 5) is -0.0639. The number of halogens is 1. The second kappa shape index (κ2) is 4.06. The Bertz CT molecular complexity index is 625. The van der Waals surface area contributed by atoms with Gasteiger partial charge in [-0.25, -0.2) is 12.8 Å². The first-order valence-corrected chi connectivity index (χ1v) is 5.97. The first kappa shape index (κ1) is 11.4. The Kier molecular flexibility index (Phi) is 2.72. The van der Waals surface area contributed by atoms with Crippen molar-refractivity contribution >= 4 is 15.7 Å². The summed E-state index contributed by atoms with van der Waals surface area (Å²) in [5.41, 5.74) is 0.0153. The van der Waals surface area contributed by atoms with E-state index in [1.807, 2.05) is 0 Å². The molecule has 0 aliphatic heterocycles. The molecule has 0 aliphatic rings. The number of sulfonamides is 1. The van der Waals surface area contributed by atoms with E-state index in [1.54, 1.807) is 0 Å². The summed E-state index contributed by atoms with van der Waals surface area (Å²) in [7, 11) is -3.79. The van der Waals surface area contributed by atoms with E-state index in [9.17, 15) is 12.8 Å². The predicted octanol–water partition coefficient (Wildman–Crippen LogP) is 1.06. The van der Waals surface area contributed by atoms with E-state index in [1.165, 1.54) is 12.3 Å². The van der Waals surface area contributed by atoms with Gasteiger partial charge in [-0.1, -0.05) is 0 Å². The molecule has 0 fully saturated rings. The molecule has 3 N–H and O–H groups in total. The Morgan fingerprint density at radius 1 is 1.41 bits per heavy atom. The molecule has 2 rings (SSSR count). The molecular weight excluding hydrogens is 249 g/mol. The number of phenols is 1. The van der Waals surface area contributed by atoms with Gasteiger partial charge in [0.15, 0.2) is 11.6 Å². The topological polar surface area (TPSA) is 95.1 Å². The van der Waals surface area contributed by atoms with Crippen LogP contribution in [0, 0.1) is 5.82 Å². The highest BCUT2D eigenvalue weighted by Crippen LogP contribution is 2.21. The van der Waals surface area contributed by atoms with E-state index in [2.05, 4.69) is 14.9 Å². The second-order valence-electron chi connectivity index (χ2n) is 3.21. The molecule has 2 aromatic rings. The zero-order valence-corrected chi connectivity index (χ0v) is 9.20. The third-order valence-electron chi connectivity index (χ3n) is 1.98. The zero-order chi connectivity index (χ0) is 12.5. The first-order chi connectivity index (χ1) is 7.99. The van der Waals surface area contributed by atoms with Gasteiger partial charge >= 0.3 is 0 Å². The van der Waals surface area contributed by atoms with Crippen molar-refractivity contribution in [1.29, 1.82) is 0 Å². The van der Waals surface area contributed by atoms with Gasteiger partial charge in [-0.3, -0.25) is 9.82 Å². The number of H-pyrrole nitrogens is 1. The normalized spacial score (nSPS) is 11.4. The minimum atomic E-state index is -3.79. The third-order valence-corrected chi connectivity index (χ3v) is 3.33. The van der Waals surface area contributed by atoms with Crippen LogP contribution in [0.2, 0.25) is 0 Å². The first-order valence-electron chi connectivity index (χ1n) is 4.49. The van der Waals surface area contributed by atoms with Crippen LogP contribution in [0.25, 0.3) is 0 Å². The summed E-state index contributed by atoms with van der Waals surface area (Å²) in [6.45, 7) is 0. The van der Waals surface area contributed by atoms with Gasteiger partial charge in [0.1, 0.15) is 4.90 Å². The quantitative estimate of drug-likeness (QED) is 0.716. The van der Waals surface area contributed by atoms with E-state index in [-0.39, 0.29) is 10.6 Å². The highest BCUT2D eigenvalue weighted by Gasteiger charge is 2.15. The monoisotopic (exact) mass is 257 g/mol. The number of aromatic nitrogens is 2.